The molecule has 19 heavy (non-hydrogen) atoms. The predicted molar refractivity (Wildman–Crippen MR) is 77.2 cm³/mol. The van der Waals surface area contributed by atoms with Crippen LogP contribution in [0.2, 0.25) is 0 Å². The summed E-state index contributed by atoms with van der Waals surface area (Å²) < 4.78 is 0.746. The lowest BCUT2D eigenvalue weighted by molar-refractivity contribution is -0.138. The van der Waals surface area contributed by atoms with Crippen LogP contribution in [0.3, 0.4) is 0 Å². The number of aryl methyl sites for hydroxylation is 1. The number of carboxylic acid groups (broad SMARTS) is 1. The van der Waals surface area contributed by atoms with E-state index in [4.69, 9.17) is 0 Å². The molecule has 0 spiro atoms. The van der Waals surface area contributed by atoms with Crippen molar-refractivity contribution >= 4 is 21.9 Å². The Labute approximate surface area is 120 Å². The van der Waals surface area contributed by atoms with Gasteiger partial charge in [-0.15, -0.1) is 0 Å². The highest BCUT2D eigenvalue weighted by molar-refractivity contribution is 9.10. The fourth-order valence-electron chi connectivity index (χ4n) is 1.95. The van der Waals surface area contributed by atoms with Gasteiger partial charge in [-0.1, -0.05) is 30.3 Å². The van der Waals surface area contributed by atoms with E-state index in [0.717, 1.165) is 15.6 Å². The van der Waals surface area contributed by atoms with E-state index in [9.17, 15) is 9.90 Å². The van der Waals surface area contributed by atoms with Crippen molar-refractivity contribution in [1.82, 2.24) is 4.98 Å². The fourth-order valence-corrected chi connectivity index (χ4v) is 2.69. The Morgan fingerprint density at radius 3 is 2.63 bits per heavy atom. The minimum Gasteiger partial charge on any atom is -0.481 e. The van der Waals surface area contributed by atoms with Crippen LogP contribution in [0.15, 0.2) is 47.1 Å². The third-order valence-corrected chi connectivity index (χ3v) is 3.55. The third kappa shape index (κ3) is 3.41. The topological polar surface area (TPSA) is 50.2 Å². The summed E-state index contributed by atoms with van der Waals surface area (Å²) in [4.78, 5) is 15.7. The SMILES string of the molecule is Cc1cnc(C(Cc2ccccc2)C(=O)O)c(Br)c1. The van der Waals surface area contributed by atoms with E-state index in [-0.39, 0.29) is 0 Å². The molecule has 1 unspecified atom stereocenters. The highest BCUT2D eigenvalue weighted by Gasteiger charge is 2.24. The van der Waals surface area contributed by atoms with E-state index in [1.165, 1.54) is 0 Å². The van der Waals surface area contributed by atoms with Crippen molar-refractivity contribution in [2.45, 2.75) is 19.3 Å². The lowest BCUT2D eigenvalue weighted by Gasteiger charge is -2.14. The van der Waals surface area contributed by atoms with Crippen molar-refractivity contribution in [3.63, 3.8) is 0 Å². The maximum Gasteiger partial charge on any atom is 0.312 e. The molecule has 0 aliphatic carbocycles. The van der Waals surface area contributed by atoms with Gasteiger partial charge >= 0.3 is 5.97 Å². The molecule has 3 nitrogen and oxygen atoms in total. The second-order valence-electron chi connectivity index (χ2n) is 4.46. The Bertz CT molecular complexity index is 584. The van der Waals surface area contributed by atoms with Crippen LogP contribution in [0.4, 0.5) is 0 Å². The molecule has 1 N–H and O–H groups in total. The van der Waals surface area contributed by atoms with Crippen LogP contribution < -0.4 is 0 Å². The lowest BCUT2D eigenvalue weighted by atomic mass is 9.95. The zero-order valence-corrected chi connectivity index (χ0v) is 12.1. The van der Waals surface area contributed by atoms with E-state index in [1.807, 2.05) is 43.3 Å². The molecule has 0 fully saturated rings. The monoisotopic (exact) mass is 319 g/mol. The summed E-state index contributed by atoms with van der Waals surface area (Å²) in [5.74, 6) is -1.50. The molecule has 0 saturated heterocycles. The first-order valence-corrected chi connectivity index (χ1v) is 6.76. The minimum atomic E-state index is -0.860. The zero-order chi connectivity index (χ0) is 13.8. The molecular formula is C15H14BrNO2. The number of aromatic nitrogens is 1. The minimum absolute atomic E-state index is 0.435. The molecule has 0 bridgehead atoms. The van der Waals surface area contributed by atoms with Gasteiger partial charge in [0.15, 0.2) is 0 Å². The molecule has 1 heterocycles. The molecule has 1 aromatic heterocycles. The molecule has 0 aliphatic rings. The van der Waals surface area contributed by atoms with Gasteiger partial charge in [-0.2, -0.15) is 0 Å². The molecule has 1 aromatic carbocycles. The molecule has 2 rings (SSSR count). The molecule has 0 aliphatic heterocycles. The van der Waals surface area contributed by atoms with Crippen LogP contribution >= 0.6 is 15.9 Å². The Kier molecular flexibility index (Phi) is 4.32. The predicted octanol–water partition coefficient (Wildman–Crippen LogP) is 3.56. The van der Waals surface area contributed by atoms with E-state index in [2.05, 4.69) is 20.9 Å². The number of rotatable bonds is 4. The average Bonchev–Trinajstić information content (AvgIpc) is 2.38. The summed E-state index contributed by atoms with van der Waals surface area (Å²) in [6.07, 6.45) is 2.13. The van der Waals surface area contributed by atoms with Crippen LogP contribution in [0, 0.1) is 6.92 Å². The molecular weight excluding hydrogens is 306 g/mol. The van der Waals surface area contributed by atoms with Crippen LogP contribution in [0.25, 0.3) is 0 Å². The van der Waals surface area contributed by atoms with Crippen molar-refractivity contribution in [1.29, 1.82) is 0 Å². The first-order valence-electron chi connectivity index (χ1n) is 5.96. The number of hydrogen-bond donors (Lipinski definition) is 1. The number of hydrogen-bond acceptors (Lipinski definition) is 2. The standard InChI is InChI=1S/C15H14BrNO2/c1-10-7-13(16)14(17-9-10)12(15(18)19)8-11-5-3-2-4-6-11/h2-7,9,12H,8H2,1H3,(H,18,19). The maximum atomic E-state index is 11.5. The Hall–Kier alpha value is -1.68. The van der Waals surface area contributed by atoms with Crippen molar-refractivity contribution < 1.29 is 9.90 Å². The summed E-state index contributed by atoms with van der Waals surface area (Å²) in [5, 5.41) is 9.42. The van der Waals surface area contributed by atoms with Crippen LogP contribution in [0.5, 0.6) is 0 Å². The number of nitrogens with zero attached hydrogens (tertiary/aromatic N) is 1. The summed E-state index contributed by atoms with van der Waals surface area (Å²) in [7, 11) is 0. The van der Waals surface area contributed by atoms with Gasteiger partial charge in [0.1, 0.15) is 5.92 Å². The number of carboxylic acids is 1. The van der Waals surface area contributed by atoms with E-state index in [1.54, 1.807) is 6.20 Å². The highest BCUT2D eigenvalue weighted by atomic mass is 79.9. The first-order chi connectivity index (χ1) is 9.08. The van der Waals surface area contributed by atoms with E-state index in [0.29, 0.717) is 12.1 Å². The molecule has 4 heteroatoms. The highest BCUT2D eigenvalue weighted by Crippen LogP contribution is 2.27. The second kappa shape index (κ2) is 5.97. The Morgan fingerprint density at radius 1 is 1.37 bits per heavy atom. The molecule has 2 aromatic rings. The van der Waals surface area contributed by atoms with Crippen LogP contribution in [0.1, 0.15) is 22.7 Å². The van der Waals surface area contributed by atoms with E-state index >= 15 is 0 Å². The number of carbonyl (C=O) groups is 1. The van der Waals surface area contributed by atoms with Crippen molar-refractivity contribution in [2.24, 2.45) is 0 Å². The number of pyridine rings is 1. The van der Waals surface area contributed by atoms with Gasteiger partial charge < -0.3 is 5.11 Å². The summed E-state index contributed by atoms with van der Waals surface area (Å²) >= 11 is 3.40. The third-order valence-electron chi connectivity index (χ3n) is 2.92. The van der Waals surface area contributed by atoms with Gasteiger partial charge in [-0.05, 0) is 46.5 Å². The van der Waals surface area contributed by atoms with Crippen LogP contribution in [-0.2, 0) is 11.2 Å². The fraction of sp³-hybridized carbons (Fsp3) is 0.200. The quantitative estimate of drug-likeness (QED) is 0.937. The van der Waals surface area contributed by atoms with Crippen LogP contribution in [-0.4, -0.2) is 16.1 Å². The second-order valence-corrected chi connectivity index (χ2v) is 5.31. The molecule has 98 valence electrons. The summed E-state index contributed by atoms with van der Waals surface area (Å²) in [6.45, 7) is 1.93. The summed E-state index contributed by atoms with van der Waals surface area (Å²) in [5.41, 5.74) is 2.56. The first kappa shape index (κ1) is 13.7. The number of halogens is 1. The van der Waals surface area contributed by atoms with Crippen molar-refractivity contribution in [3.05, 3.63) is 63.9 Å². The Morgan fingerprint density at radius 2 is 2.05 bits per heavy atom. The summed E-state index contributed by atoms with van der Waals surface area (Å²) in [6, 6.07) is 11.5. The number of benzene rings is 1. The Balaban J connectivity index is 2.33. The lowest BCUT2D eigenvalue weighted by Crippen LogP contribution is -2.16. The van der Waals surface area contributed by atoms with Gasteiger partial charge in [0.2, 0.25) is 0 Å². The number of aliphatic carboxylic acids is 1. The zero-order valence-electron chi connectivity index (χ0n) is 10.5. The largest absolute Gasteiger partial charge is 0.481 e. The molecule has 0 radical (unpaired) electrons. The van der Waals surface area contributed by atoms with Gasteiger partial charge in [0, 0.05) is 10.7 Å². The van der Waals surface area contributed by atoms with Gasteiger partial charge in [0.05, 0.1) is 5.69 Å². The smallest absolute Gasteiger partial charge is 0.312 e. The van der Waals surface area contributed by atoms with Gasteiger partial charge in [0.25, 0.3) is 0 Å². The average molecular weight is 320 g/mol. The maximum absolute atomic E-state index is 11.5. The van der Waals surface area contributed by atoms with Crippen molar-refractivity contribution in [3.8, 4) is 0 Å². The molecule has 1 atom stereocenters. The molecule has 0 saturated carbocycles. The van der Waals surface area contributed by atoms with Gasteiger partial charge in [-0.3, -0.25) is 9.78 Å². The van der Waals surface area contributed by atoms with Gasteiger partial charge in [-0.25, -0.2) is 0 Å². The normalized spacial score (nSPS) is 12.1. The van der Waals surface area contributed by atoms with E-state index < -0.39 is 11.9 Å². The van der Waals surface area contributed by atoms with Crippen molar-refractivity contribution in [2.75, 3.05) is 0 Å². The molecule has 0 amide bonds.